The van der Waals surface area contributed by atoms with Crippen LogP contribution in [-0.2, 0) is 26.2 Å². The van der Waals surface area contributed by atoms with Gasteiger partial charge in [0.15, 0.2) is 0 Å². The van der Waals surface area contributed by atoms with E-state index in [9.17, 15) is 18.0 Å². The van der Waals surface area contributed by atoms with E-state index >= 15 is 0 Å². The Morgan fingerprint density at radius 3 is 2.18 bits per heavy atom. The summed E-state index contributed by atoms with van der Waals surface area (Å²) in [4.78, 5) is 29.6. The highest BCUT2D eigenvalue weighted by Crippen LogP contribution is 2.28. The molecule has 0 aromatic heterocycles. The second-order valence-electron chi connectivity index (χ2n) is 11.2. The monoisotopic (exact) mass is 621 g/mol. The van der Waals surface area contributed by atoms with E-state index in [0.29, 0.717) is 17.9 Å². The quantitative estimate of drug-likeness (QED) is 0.272. The number of carbonyl (C=O) groups excluding carboxylic acids is 2. The van der Waals surface area contributed by atoms with Gasteiger partial charge in [0.25, 0.3) is 10.0 Å². The summed E-state index contributed by atoms with van der Waals surface area (Å²) in [5, 5.41) is 3.17. The summed E-state index contributed by atoms with van der Waals surface area (Å²) in [6, 6.07) is 19.7. The molecule has 3 aromatic carbocycles. The lowest BCUT2D eigenvalue weighted by Crippen LogP contribution is -2.54. The minimum atomic E-state index is -4.17. The Kier molecular flexibility index (Phi) is 11.3. The van der Waals surface area contributed by atoms with Crippen molar-refractivity contribution in [3.05, 3.63) is 83.9 Å². The molecule has 0 heterocycles. The Balaban J connectivity index is 1.72. The third kappa shape index (κ3) is 8.11. The summed E-state index contributed by atoms with van der Waals surface area (Å²) in [5.74, 6) is 0.398. The Labute approximate surface area is 261 Å². The Bertz CT molecular complexity index is 1500. The number of nitrogens with zero attached hydrogens (tertiary/aromatic N) is 2. The van der Waals surface area contributed by atoms with Gasteiger partial charge in [0.2, 0.25) is 11.8 Å². The molecule has 1 fully saturated rings. The largest absolute Gasteiger partial charge is 0.497 e. The molecule has 0 aliphatic heterocycles. The number of ether oxygens (including phenoxy) is 2. The Morgan fingerprint density at radius 1 is 0.909 bits per heavy atom. The molecule has 1 unspecified atom stereocenters. The number of sulfonamides is 1. The van der Waals surface area contributed by atoms with Crippen LogP contribution in [0.25, 0.3) is 0 Å². The van der Waals surface area contributed by atoms with Crippen LogP contribution in [0.5, 0.6) is 11.5 Å². The molecule has 1 atom stereocenters. The van der Waals surface area contributed by atoms with Crippen molar-refractivity contribution in [2.75, 3.05) is 25.1 Å². The Morgan fingerprint density at radius 2 is 1.57 bits per heavy atom. The number of hydrogen-bond donors (Lipinski definition) is 1. The Hall–Kier alpha value is -4.05. The van der Waals surface area contributed by atoms with Crippen LogP contribution in [0.2, 0.25) is 0 Å². The number of methoxy groups -OCH3 is 2. The lowest BCUT2D eigenvalue weighted by Gasteiger charge is -2.34. The highest BCUT2D eigenvalue weighted by molar-refractivity contribution is 7.92. The van der Waals surface area contributed by atoms with Crippen molar-refractivity contribution in [3.63, 3.8) is 0 Å². The highest BCUT2D eigenvalue weighted by Gasteiger charge is 2.34. The molecule has 1 saturated carbocycles. The maximum absolute atomic E-state index is 14.3. The van der Waals surface area contributed by atoms with E-state index in [4.69, 9.17) is 9.47 Å². The molecule has 1 aliphatic carbocycles. The lowest BCUT2D eigenvalue weighted by atomic mass is 9.95. The lowest BCUT2D eigenvalue weighted by molar-refractivity contribution is -0.140. The van der Waals surface area contributed by atoms with E-state index in [-0.39, 0.29) is 29.1 Å². The molecule has 0 spiro atoms. The van der Waals surface area contributed by atoms with Crippen LogP contribution in [0.15, 0.2) is 77.7 Å². The molecule has 44 heavy (non-hydrogen) atoms. The zero-order valence-electron chi connectivity index (χ0n) is 26.0. The molecule has 9 nitrogen and oxygen atoms in total. The zero-order valence-corrected chi connectivity index (χ0v) is 26.8. The predicted molar refractivity (Wildman–Crippen MR) is 171 cm³/mol. The van der Waals surface area contributed by atoms with Gasteiger partial charge in [-0.25, -0.2) is 8.42 Å². The number of anilines is 1. The van der Waals surface area contributed by atoms with Crippen molar-refractivity contribution < 1.29 is 27.5 Å². The number of aryl methyl sites for hydroxylation is 1. The van der Waals surface area contributed by atoms with Crippen molar-refractivity contribution in [3.8, 4) is 11.5 Å². The first-order valence-corrected chi connectivity index (χ1v) is 16.6. The van der Waals surface area contributed by atoms with Gasteiger partial charge in [-0.15, -0.1) is 0 Å². The van der Waals surface area contributed by atoms with Gasteiger partial charge in [-0.05, 0) is 68.1 Å². The van der Waals surface area contributed by atoms with Gasteiger partial charge in [-0.2, -0.15) is 0 Å². The second-order valence-corrected chi connectivity index (χ2v) is 13.0. The van der Waals surface area contributed by atoms with Crippen LogP contribution >= 0.6 is 0 Å². The van der Waals surface area contributed by atoms with Crippen molar-refractivity contribution in [2.24, 2.45) is 0 Å². The van der Waals surface area contributed by atoms with Crippen LogP contribution in [0.1, 0.15) is 56.6 Å². The zero-order chi connectivity index (χ0) is 31.7. The molecule has 0 radical (unpaired) electrons. The molecular formula is C34H43N3O6S. The summed E-state index contributed by atoms with van der Waals surface area (Å²) in [6.07, 6.45) is 5.46. The number of rotatable bonds is 13. The van der Waals surface area contributed by atoms with Crippen LogP contribution in [-0.4, -0.2) is 58.0 Å². The predicted octanol–water partition coefficient (Wildman–Crippen LogP) is 5.46. The standard InChI is InChI=1S/C34H43N3O6S/c1-5-32(34(39)35-27-10-7-6-8-11-27)36(23-26-16-18-29(42-3)19-17-26)33(38)24-37(28-12-9-13-30(22-28)43-4)44(40,41)31-20-14-25(2)15-21-31/h9,12-22,27,32H,5-8,10-11,23-24H2,1-4H3,(H,35,39). The summed E-state index contributed by atoms with van der Waals surface area (Å²) in [5.41, 5.74) is 1.98. The first-order chi connectivity index (χ1) is 21.2. The minimum absolute atomic E-state index is 0.0579. The fraction of sp³-hybridized carbons (Fsp3) is 0.412. The van der Waals surface area contributed by atoms with Crippen LogP contribution in [0, 0.1) is 6.92 Å². The molecule has 3 aromatic rings. The fourth-order valence-corrected chi connectivity index (χ4v) is 6.93. The van der Waals surface area contributed by atoms with Crippen LogP contribution in [0.3, 0.4) is 0 Å². The average Bonchev–Trinajstić information content (AvgIpc) is 3.04. The molecule has 10 heteroatoms. The van der Waals surface area contributed by atoms with Gasteiger partial charge >= 0.3 is 0 Å². The van der Waals surface area contributed by atoms with E-state index < -0.39 is 28.5 Å². The number of nitrogens with one attached hydrogen (secondary N) is 1. The molecular weight excluding hydrogens is 578 g/mol. The molecule has 2 amide bonds. The molecule has 1 aliphatic rings. The number of amides is 2. The normalized spacial score (nSPS) is 14.4. The fourth-order valence-electron chi connectivity index (χ4n) is 5.52. The SMILES string of the molecule is CCC(C(=O)NC1CCCCC1)N(Cc1ccc(OC)cc1)C(=O)CN(c1cccc(OC)c1)S(=O)(=O)c1ccc(C)cc1. The van der Waals surface area contributed by atoms with Gasteiger partial charge in [-0.1, -0.05) is 62.1 Å². The molecule has 1 N–H and O–H groups in total. The first kappa shape index (κ1) is 32.9. The minimum Gasteiger partial charge on any atom is -0.497 e. The molecule has 4 rings (SSSR count). The van der Waals surface area contributed by atoms with Crippen molar-refractivity contribution in [2.45, 2.75) is 75.9 Å². The molecule has 0 bridgehead atoms. The number of carbonyl (C=O) groups is 2. The van der Waals surface area contributed by atoms with Gasteiger partial charge in [0.1, 0.15) is 24.1 Å². The van der Waals surface area contributed by atoms with Gasteiger partial charge in [0, 0.05) is 18.7 Å². The van der Waals surface area contributed by atoms with E-state index in [1.165, 1.54) is 24.1 Å². The van der Waals surface area contributed by atoms with Gasteiger partial charge in [0.05, 0.1) is 24.8 Å². The summed E-state index contributed by atoms with van der Waals surface area (Å²) in [7, 11) is -1.09. The van der Waals surface area contributed by atoms with Crippen molar-refractivity contribution in [1.82, 2.24) is 10.2 Å². The van der Waals surface area contributed by atoms with Crippen molar-refractivity contribution >= 4 is 27.5 Å². The first-order valence-electron chi connectivity index (χ1n) is 15.1. The topological polar surface area (TPSA) is 105 Å². The van der Waals surface area contributed by atoms with E-state index in [2.05, 4.69) is 5.32 Å². The highest BCUT2D eigenvalue weighted by atomic mass is 32.2. The van der Waals surface area contributed by atoms with E-state index in [1.54, 1.807) is 55.6 Å². The third-order valence-corrected chi connectivity index (χ3v) is 9.87. The summed E-state index contributed by atoms with van der Waals surface area (Å²) < 4.78 is 39.9. The second kappa shape index (κ2) is 15.1. The summed E-state index contributed by atoms with van der Waals surface area (Å²) in [6.45, 7) is 3.35. The van der Waals surface area contributed by atoms with Gasteiger partial charge in [-0.3, -0.25) is 13.9 Å². The van der Waals surface area contributed by atoms with Gasteiger partial charge < -0.3 is 19.7 Å². The third-order valence-electron chi connectivity index (χ3n) is 8.08. The summed E-state index contributed by atoms with van der Waals surface area (Å²) >= 11 is 0. The van der Waals surface area contributed by atoms with Crippen LogP contribution < -0.4 is 19.1 Å². The maximum atomic E-state index is 14.3. The van der Waals surface area contributed by atoms with E-state index in [0.717, 1.165) is 47.5 Å². The van der Waals surface area contributed by atoms with Crippen LogP contribution in [0.4, 0.5) is 5.69 Å². The van der Waals surface area contributed by atoms with E-state index in [1.807, 2.05) is 26.0 Å². The number of benzene rings is 3. The van der Waals surface area contributed by atoms with Crippen molar-refractivity contribution in [1.29, 1.82) is 0 Å². The smallest absolute Gasteiger partial charge is 0.264 e. The molecule has 236 valence electrons. The average molecular weight is 622 g/mol. The number of hydrogen-bond acceptors (Lipinski definition) is 6. The molecule has 0 saturated heterocycles. The maximum Gasteiger partial charge on any atom is 0.264 e.